The van der Waals surface area contributed by atoms with Crippen molar-refractivity contribution in [1.29, 1.82) is 0 Å². The number of piperidine rings is 1. The standard InChI is InChI=1S/C13H22N2O2.H2/c16-13-9-17-12-4-2-1-3-11(12)15(13)10-5-7-14-8-6-10;/h10-12,14H,1-9H2;1H/t11-,12-;/m0./s1. The van der Waals surface area contributed by atoms with Crippen molar-refractivity contribution in [3.63, 3.8) is 0 Å². The van der Waals surface area contributed by atoms with Crippen LogP contribution >= 0.6 is 0 Å². The molecule has 17 heavy (non-hydrogen) atoms. The van der Waals surface area contributed by atoms with Gasteiger partial charge in [0.25, 0.3) is 0 Å². The summed E-state index contributed by atoms with van der Waals surface area (Å²) in [6.45, 7) is 2.41. The first-order valence-electron chi connectivity index (χ1n) is 7.00. The molecule has 3 aliphatic rings. The number of carbonyl (C=O) groups is 1. The maximum Gasteiger partial charge on any atom is 0.249 e. The van der Waals surface area contributed by atoms with E-state index in [1.165, 1.54) is 12.8 Å². The molecule has 0 aromatic rings. The largest absolute Gasteiger partial charge is 0.366 e. The van der Waals surface area contributed by atoms with Gasteiger partial charge in [0.15, 0.2) is 0 Å². The number of carbonyl (C=O) groups excluding carboxylic acids is 1. The van der Waals surface area contributed by atoms with Crippen molar-refractivity contribution >= 4 is 5.91 Å². The zero-order valence-electron chi connectivity index (χ0n) is 10.4. The minimum atomic E-state index is 0. The Morgan fingerprint density at radius 3 is 2.76 bits per heavy atom. The number of ether oxygens (including phenoxy) is 1. The number of fused-ring (bicyclic) bond motifs is 1. The number of hydrogen-bond acceptors (Lipinski definition) is 3. The molecule has 1 N–H and O–H groups in total. The summed E-state index contributed by atoms with van der Waals surface area (Å²) in [7, 11) is 0. The lowest BCUT2D eigenvalue weighted by atomic mass is 9.88. The summed E-state index contributed by atoms with van der Waals surface area (Å²) in [4.78, 5) is 14.3. The maximum atomic E-state index is 12.1. The van der Waals surface area contributed by atoms with Crippen molar-refractivity contribution in [3.8, 4) is 0 Å². The summed E-state index contributed by atoms with van der Waals surface area (Å²) in [6.07, 6.45) is 7.31. The van der Waals surface area contributed by atoms with Crippen molar-refractivity contribution in [2.24, 2.45) is 0 Å². The van der Waals surface area contributed by atoms with E-state index < -0.39 is 0 Å². The molecule has 3 fully saturated rings. The molecule has 1 amide bonds. The van der Waals surface area contributed by atoms with Gasteiger partial charge in [-0.2, -0.15) is 0 Å². The Morgan fingerprint density at radius 2 is 1.94 bits per heavy atom. The smallest absolute Gasteiger partial charge is 0.249 e. The Balaban J connectivity index is 0.00000120. The number of morpholine rings is 1. The van der Waals surface area contributed by atoms with E-state index in [1.54, 1.807) is 0 Å². The number of nitrogens with one attached hydrogen (secondary N) is 1. The van der Waals surface area contributed by atoms with Crippen LogP contribution in [-0.4, -0.2) is 48.7 Å². The molecule has 2 saturated heterocycles. The van der Waals surface area contributed by atoms with Crippen LogP contribution in [0.2, 0.25) is 0 Å². The van der Waals surface area contributed by atoms with Crippen LogP contribution in [0.5, 0.6) is 0 Å². The SMILES string of the molecule is O=C1CO[C@H]2CCCC[C@@H]2N1C1CCNCC1.[HH]. The Hall–Kier alpha value is -0.610. The highest BCUT2D eigenvalue weighted by molar-refractivity contribution is 5.79. The Bertz CT molecular complexity index is 295. The zero-order chi connectivity index (χ0) is 11.7. The van der Waals surface area contributed by atoms with Gasteiger partial charge >= 0.3 is 0 Å². The minimum Gasteiger partial charge on any atom is -0.366 e. The van der Waals surface area contributed by atoms with E-state index in [9.17, 15) is 4.79 Å². The highest BCUT2D eigenvalue weighted by Crippen LogP contribution is 2.31. The fourth-order valence-electron chi connectivity index (χ4n) is 3.59. The van der Waals surface area contributed by atoms with Crippen molar-refractivity contribution in [1.82, 2.24) is 10.2 Å². The summed E-state index contributed by atoms with van der Waals surface area (Å²) in [5.41, 5.74) is 0. The molecular formula is C13H24N2O2. The first-order valence-corrected chi connectivity index (χ1v) is 7.00. The van der Waals surface area contributed by atoms with Gasteiger partial charge in [-0.25, -0.2) is 0 Å². The van der Waals surface area contributed by atoms with Gasteiger partial charge in [-0.1, -0.05) is 12.8 Å². The number of rotatable bonds is 1. The van der Waals surface area contributed by atoms with Gasteiger partial charge in [-0.3, -0.25) is 4.79 Å². The van der Waals surface area contributed by atoms with Crippen molar-refractivity contribution < 1.29 is 11.0 Å². The van der Waals surface area contributed by atoms with Crippen LogP contribution in [0, 0.1) is 0 Å². The van der Waals surface area contributed by atoms with Crippen LogP contribution < -0.4 is 5.32 Å². The summed E-state index contributed by atoms with van der Waals surface area (Å²) in [6, 6.07) is 0.825. The first-order chi connectivity index (χ1) is 8.36. The van der Waals surface area contributed by atoms with Crippen LogP contribution in [0.1, 0.15) is 40.0 Å². The normalized spacial score (nSPS) is 35.8. The molecule has 3 rings (SSSR count). The van der Waals surface area contributed by atoms with E-state index >= 15 is 0 Å². The van der Waals surface area contributed by atoms with E-state index in [-0.39, 0.29) is 7.33 Å². The van der Waals surface area contributed by atoms with Gasteiger partial charge in [-0.15, -0.1) is 0 Å². The fraction of sp³-hybridized carbons (Fsp3) is 0.923. The molecule has 0 aromatic heterocycles. The van der Waals surface area contributed by atoms with E-state index in [1.807, 2.05) is 0 Å². The van der Waals surface area contributed by atoms with Crippen LogP contribution in [-0.2, 0) is 9.53 Å². The van der Waals surface area contributed by atoms with E-state index in [4.69, 9.17) is 4.74 Å². The monoisotopic (exact) mass is 240 g/mol. The molecule has 1 aliphatic carbocycles. The molecule has 4 heteroatoms. The summed E-state index contributed by atoms with van der Waals surface area (Å²) in [5, 5.41) is 3.37. The minimum absolute atomic E-state index is 0. The second kappa shape index (κ2) is 4.94. The molecule has 1 saturated carbocycles. The number of nitrogens with zero attached hydrogens (tertiary/aromatic N) is 1. The van der Waals surface area contributed by atoms with Gasteiger partial charge in [0.1, 0.15) is 6.61 Å². The van der Waals surface area contributed by atoms with Crippen LogP contribution in [0.3, 0.4) is 0 Å². The highest BCUT2D eigenvalue weighted by Gasteiger charge is 2.41. The van der Waals surface area contributed by atoms with Crippen molar-refractivity contribution in [2.45, 2.75) is 56.7 Å². The van der Waals surface area contributed by atoms with Gasteiger partial charge < -0.3 is 15.0 Å². The topological polar surface area (TPSA) is 41.6 Å². The van der Waals surface area contributed by atoms with Crippen molar-refractivity contribution in [3.05, 3.63) is 0 Å². The van der Waals surface area contributed by atoms with Gasteiger partial charge in [-0.05, 0) is 38.8 Å². The fourth-order valence-corrected chi connectivity index (χ4v) is 3.59. The van der Waals surface area contributed by atoms with Crippen LogP contribution in [0.4, 0.5) is 0 Å². The third-order valence-electron chi connectivity index (χ3n) is 4.44. The average molecular weight is 240 g/mol. The second-order valence-electron chi connectivity index (χ2n) is 5.48. The maximum absolute atomic E-state index is 12.1. The first kappa shape index (κ1) is 11.5. The molecule has 2 atom stereocenters. The molecule has 98 valence electrons. The molecule has 0 bridgehead atoms. The molecular weight excluding hydrogens is 216 g/mol. The molecule has 2 heterocycles. The lowest BCUT2D eigenvalue weighted by Gasteiger charge is -2.48. The number of amides is 1. The second-order valence-corrected chi connectivity index (χ2v) is 5.48. The molecule has 2 aliphatic heterocycles. The third-order valence-corrected chi connectivity index (χ3v) is 4.44. The highest BCUT2D eigenvalue weighted by atomic mass is 16.5. The van der Waals surface area contributed by atoms with Gasteiger partial charge in [0.2, 0.25) is 5.91 Å². The lowest BCUT2D eigenvalue weighted by molar-refractivity contribution is -0.166. The van der Waals surface area contributed by atoms with Crippen LogP contribution in [0.25, 0.3) is 0 Å². The summed E-state index contributed by atoms with van der Waals surface area (Å²) in [5.74, 6) is 0.222. The Labute approximate surface area is 104 Å². The Kier molecular flexibility index (Phi) is 3.34. The molecule has 0 aromatic carbocycles. The number of hydrogen-bond donors (Lipinski definition) is 1. The van der Waals surface area contributed by atoms with Gasteiger partial charge in [0, 0.05) is 7.47 Å². The molecule has 4 nitrogen and oxygen atoms in total. The molecule has 0 spiro atoms. The van der Waals surface area contributed by atoms with Crippen LogP contribution in [0.15, 0.2) is 0 Å². The van der Waals surface area contributed by atoms with E-state index in [2.05, 4.69) is 10.2 Å². The van der Waals surface area contributed by atoms with Gasteiger partial charge in [0.05, 0.1) is 12.1 Å². The quantitative estimate of drug-likeness (QED) is 0.747. The molecule has 0 unspecified atom stereocenters. The lowest BCUT2D eigenvalue weighted by Crippen LogP contribution is -2.60. The summed E-state index contributed by atoms with van der Waals surface area (Å²) >= 11 is 0. The van der Waals surface area contributed by atoms with E-state index in [0.717, 1.165) is 38.8 Å². The Morgan fingerprint density at radius 1 is 1.18 bits per heavy atom. The predicted molar refractivity (Wildman–Crippen MR) is 66.8 cm³/mol. The zero-order valence-corrected chi connectivity index (χ0v) is 10.4. The average Bonchev–Trinajstić information content (AvgIpc) is 2.39. The predicted octanol–water partition coefficient (Wildman–Crippen LogP) is 1.15. The molecule has 0 radical (unpaired) electrons. The van der Waals surface area contributed by atoms with Crippen molar-refractivity contribution in [2.75, 3.05) is 19.7 Å². The third kappa shape index (κ3) is 2.20. The van der Waals surface area contributed by atoms with E-state index in [0.29, 0.717) is 24.8 Å². The summed E-state index contributed by atoms with van der Waals surface area (Å²) < 4.78 is 5.71.